The number of nitrogens with one attached hydrogen (secondary N) is 2. The lowest BCUT2D eigenvalue weighted by Crippen LogP contribution is -2.56. The van der Waals surface area contributed by atoms with Crippen LogP contribution in [0.2, 0.25) is 0 Å². The van der Waals surface area contributed by atoms with Crippen molar-refractivity contribution in [3.8, 4) is 0 Å². The van der Waals surface area contributed by atoms with Crippen molar-refractivity contribution < 1.29 is 9.59 Å². The molecule has 0 bridgehead atoms. The van der Waals surface area contributed by atoms with Crippen LogP contribution in [0.1, 0.15) is 47.0 Å². The summed E-state index contributed by atoms with van der Waals surface area (Å²) in [5.41, 5.74) is 4.74. The maximum absolute atomic E-state index is 12.2. The van der Waals surface area contributed by atoms with Crippen molar-refractivity contribution in [2.24, 2.45) is 17.1 Å². The summed E-state index contributed by atoms with van der Waals surface area (Å²) in [7, 11) is 0. The van der Waals surface area contributed by atoms with Crippen molar-refractivity contribution in [2.45, 2.75) is 52.5 Å². The number of carbonyl (C=O) groups is 2. The molecule has 0 saturated heterocycles. The SMILES string of the molecule is CC1CC(C(=O)NCCC(=O)NC(C)(C)C)(C(N)=S)C1. The number of rotatable bonds is 5. The summed E-state index contributed by atoms with van der Waals surface area (Å²) in [5.74, 6) is 0.238. The van der Waals surface area contributed by atoms with Crippen LogP contribution in [0.4, 0.5) is 0 Å². The van der Waals surface area contributed by atoms with Gasteiger partial charge in [-0.1, -0.05) is 19.1 Å². The van der Waals surface area contributed by atoms with Crippen molar-refractivity contribution in [3.05, 3.63) is 0 Å². The van der Waals surface area contributed by atoms with Crippen LogP contribution in [0.5, 0.6) is 0 Å². The highest BCUT2D eigenvalue weighted by Crippen LogP contribution is 2.45. The van der Waals surface area contributed by atoms with E-state index in [-0.39, 0.29) is 28.8 Å². The molecule has 1 saturated carbocycles. The fourth-order valence-electron chi connectivity index (χ4n) is 2.57. The van der Waals surface area contributed by atoms with Crippen LogP contribution in [0.25, 0.3) is 0 Å². The molecular weight excluding hydrogens is 274 g/mol. The van der Waals surface area contributed by atoms with Gasteiger partial charge in [-0.2, -0.15) is 0 Å². The molecule has 20 heavy (non-hydrogen) atoms. The summed E-state index contributed by atoms with van der Waals surface area (Å²) in [6, 6.07) is 0. The molecule has 5 nitrogen and oxygen atoms in total. The molecule has 1 aliphatic rings. The van der Waals surface area contributed by atoms with Gasteiger partial charge in [0.15, 0.2) is 0 Å². The number of thiocarbonyl (C=S) groups is 1. The van der Waals surface area contributed by atoms with Gasteiger partial charge in [0, 0.05) is 18.5 Å². The van der Waals surface area contributed by atoms with Gasteiger partial charge in [0.1, 0.15) is 0 Å². The van der Waals surface area contributed by atoms with E-state index in [9.17, 15) is 9.59 Å². The third-order valence-corrected chi connectivity index (χ3v) is 3.84. The highest BCUT2D eigenvalue weighted by atomic mass is 32.1. The summed E-state index contributed by atoms with van der Waals surface area (Å²) in [5, 5.41) is 5.63. The van der Waals surface area contributed by atoms with E-state index in [0.717, 1.165) is 0 Å². The minimum Gasteiger partial charge on any atom is -0.392 e. The summed E-state index contributed by atoms with van der Waals surface area (Å²) in [6.45, 7) is 8.13. The standard InChI is InChI=1S/C14H25N3O2S/c1-9-7-14(8-9,11(15)20)12(19)16-6-5-10(18)17-13(2,3)4/h9H,5-8H2,1-4H3,(H2,15,20)(H,16,19)(H,17,18). The zero-order valence-electron chi connectivity index (χ0n) is 12.7. The molecule has 1 rings (SSSR count). The van der Waals surface area contributed by atoms with Crippen molar-refractivity contribution in [1.82, 2.24) is 10.6 Å². The van der Waals surface area contributed by atoms with Crippen molar-refractivity contribution in [3.63, 3.8) is 0 Å². The van der Waals surface area contributed by atoms with Crippen LogP contribution in [-0.2, 0) is 9.59 Å². The highest BCUT2D eigenvalue weighted by Gasteiger charge is 2.50. The number of nitrogens with two attached hydrogens (primary N) is 1. The van der Waals surface area contributed by atoms with Gasteiger partial charge in [0.25, 0.3) is 0 Å². The second-order valence-corrected chi connectivity index (χ2v) is 7.20. The Bertz CT molecular complexity index is 409. The van der Waals surface area contributed by atoms with Crippen molar-refractivity contribution in [2.75, 3.05) is 6.54 Å². The average Bonchev–Trinajstić information content (AvgIpc) is 2.20. The zero-order chi connectivity index (χ0) is 15.6. The average molecular weight is 299 g/mol. The monoisotopic (exact) mass is 299 g/mol. The van der Waals surface area contributed by atoms with Gasteiger partial charge in [0.2, 0.25) is 11.8 Å². The Hall–Kier alpha value is -1.17. The first-order chi connectivity index (χ1) is 9.07. The molecule has 0 aliphatic heterocycles. The van der Waals surface area contributed by atoms with E-state index < -0.39 is 5.41 Å². The molecule has 0 aromatic heterocycles. The first-order valence-electron chi connectivity index (χ1n) is 6.96. The number of carbonyl (C=O) groups excluding carboxylic acids is 2. The van der Waals surface area contributed by atoms with Crippen LogP contribution < -0.4 is 16.4 Å². The Morgan fingerprint density at radius 1 is 1.35 bits per heavy atom. The van der Waals surface area contributed by atoms with E-state index >= 15 is 0 Å². The third kappa shape index (κ3) is 4.16. The van der Waals surface area contributed by atoms with Gasteiger partial charge in [-0.25, -0.2) is 0 Å². The lowest BCUT2D eigenvalue weighted by Gasteiger charge is -2.44. The minimum atomic E-state index is -0.699. The second-order valence-electron chi connectivity index (χ2n) is 6.76. The molecule has 0 heterocycles. The topological polar surface area (TPSA) is 84.2 Å². The molecule has 114 valence electrons. The molecule has 0 atom stereocenters. The molecule has 2 amide bonds. The van der Waals surface area contributed by atoms with E-state index in [1.54, 1.807) is 0 Å². The lowest BCUT2D eigenvalue weighted by molar-refractivity contribution is -0.133. The van der Waals surface area contributed by atoms with Gasteiger partial charge in [-0.3, -0.25) is 9.59 Å². The van der Waals surface area contributed by atoms with Crippen LogP contribution in [-0.4, -0.2) is 28.9 Å². The Kier molecular flexibility index (Phi) is 5.13. The molecule has 0 spiro atoms. The summed E-state index contributed by atoms with van der Waals surface area (Å²) < 4.78 is 0. The molecule has 1 fully saturated rings. The third-order valence-electron chi connectivity index (χ3n) is 3.45. The Morgan fingerprint density at radius 2 is 1.90 bits per heavy atom. The molecular formula is C14H25N3O2S. The van der Waals surface area contributed by atoms with Crippen LogP contribution in [0.3, 0.4) is 0 Å². The number of amides is 2. The first kappa shape index (κ1) is 16.9. The van der Waals surface area contributed by atoms with Crippen molar-refractivity contribution in [1.29, 1.82) is 0 Å². The van der Waals surface area contributed by atoms with Crippen molar-refractivity contribution >= 4 is 29.0 Å². The quantitative estimate of drug-likeness (QED) is 0.664. The number of hydrogen-bond donors (Lipinski definition) is 3. The van der Waals surface area contributed by atoms with Crippen LogP contribution in [0.15, 0.2) is 0 Å². The van der Waals surface area contributed by atoms with E-state index in [1.165, 1.54) is 0 Å². The minimum absolute atomic E-state index is 0.0795. The van der Waals surface area contributed by atoms with Gasteiger partial charge >= 0.3 is 0 Å². The molecule has 1 aliphatic carbocycles. The zero-order valence-corrected chi connectivity index (χ0v) is 13.5. The summed E-state index contributed by atoms with van der Waals surface area (Å²) in [4.78, 5) is 24.1. The smallest absolute Gasteiger partial charge is 0.233 e. The molecule has 0 unspecified atom stereocenters. The molecule has 0 aromatic rings. The van der Waals surface area contributed by atoms with Gasteiger partial charge < -0.3 is 16.4 Å². The molecule has 6 heteroatoms. The predicted molar refractivity (Wildman–Crippen MR) is 83.1 cm³/mol. The fourth-order valence-corrected chi connectivity index (χ4v) is 2.83. The van der Waals surface area contributed by atoms with Gasteiger partial charge in [-0.15, -0.1) is 0 Å². The molecule has 0 aromatic carbocycles. The summed E-state index contributed by atoms with van der Waals surface area (Å²) >= 11 is 5.02. The van der Waals surface area contributed by atoms with Crippen LogP contribution >= 0.6 is 12.2 Å². The van der Waals surface area contributed by atoms with Gasteiger partial charge in [-0.05, 0) is 39.5 Å². The summed E-state index contributed by atoms with van der Waals surface area (Å²) in [6.07, 6.45) is 1.65. The van der Waals surface area contributed by atoms with E-state index in [1.807, 2.05) is 20.8 Å². The van der Waals surface area contributed by atoms with E-state index in [2.05, 4.69) is 17.6 Å². The largest absolute Gasteiger partial charge is 0.392 e. The molecule has 0 radical (unpaired) electrons. The Balaban J connectivity index is 2.40. The maximum atomic E-state index is 12.2. The predicted octanol–water partition coefficient (Wildman–Crippen LogP) is 1.11. The Labute approximate surface area is 126 Å². The Morgan fingerprint density at radius 3 is 2.30 bits per heavy atom. The van der Waals surface area contributed by atoms with E-state index in [4.69, 9.17) is 18.0 Å². The normalized spacial score (nSPS) is 25.5. The van der Waals surface area contributed by atoms with Crippen LogP contribution in [0, 0.1) is 11.3 Å². The van der Waals surface area contributed by atoms with Gasteiger partial charge in [0.05, 0.1) is 10.4 Å². The fraction of sp³-hybridized carbons (Fsp3) is 0.786. The maximum Gasteiger partial charge on any atom is 0.233 e. The molecule has 4 N–H and O–H groups in total. The number of hydrogen-bond acceptors (Lipinski definition) is 3. The highest BCUT2D eigenvalue weighted by molar-refractivity contribution is 7.80. The first-order valence-corrected chi connectivity index (χ1v) is 7.37. The second kappa shape index (κ2) is 6.08. The van der Waals surface area contributed by atoms with E-state index in [0.29, 0.717) is 25.3 Å². The lowest BCUT2D eigenvalue weighted by atomic mass is 9.62.